The van der Waals surface area contributed by atoms with Crippen LogP contribution in [-0.4, -0.2) is 66.7 Å². The molecule has 0 unspecified atom stereocenters. The van der Waals surface area contributed by atoms with E-state index in [0.29, 0.717) is 48.8 Å². The number of rotatable bonds is 10. The van der Waals surface area contributed by atoms with Gasteiger partial charge in [0.25, 0.3) is 0 Å². The Morgan fingerprint density at radius 1 is 0.912 bits per heavy atom. The largest absolute Gasteiger partial charge is 0.497 e. The number of carbonyl (C=O) groups excluding carboxylic acids is 1. The fraction of sp³-hybridized carbons (Fsp3) is 0.458. The summed E-state index contributed by atoms with van der Waals surface area (Å²) >= 11 is 0. The molecule has 0 spiro atoms. The summed E-state index contributed by atoms with van der Waals surface area (Å²) in [6.45, 7) is 1.02. The van der Waals surface area contributed by atoms with Crippen LogP contribution in [0.1, 0.15) is 18.4 Å². The van der Waals surface area contributed by atoms with E-state index in [2.05, 4.69) is 5.32 Å². The van der Waals surface area contributed by atoms with E-state index in [0.717, 1.165) is 5.56 Å². The average molecular weight is 493 g/mol. The first-order chi connectivity index (χ1) is 16.3. The Morgan fingerprint density at radius 3 is 2.21 bits per heavy atom. The van der Waals surface area contributed by atoms with Crippen molar-refractivity contribution in [1.82, 2.24) is 9.62 Å². The third-order valence-corrected chi connectivity index (χ3v) is 7.90. The maximum atomic E-state index is 13.1. The van der Waals surface area contributed by atoms with Gasteiger partial charge in [-0.25, -0.2) is 8.42 Å². The topological polar surface area (TPSA) is 103 Å². The van der Waals surface area contributed by atoms with Gasteiger partial charge in [-0.2, -0.15) is 4.31 Å². The maximum absolute atomic E-state index is 13.1. The van der Waals surface area contributed by atoms with Crippen LogP contribution in [0.3, 0.4) is 0 Å². The summed E-state index contributed by atoms with van der Waals surface area (Å²) in [4.78, 5) is 12.8. The number of benzene rings is 2. The standard InChI is InChI=1S/C24H32N2O7S/c1-30-19-6-5-17(22(15-19)32-3)9-12-25-24(27)18-10-13-26(14-11-18)34(28,29)20-7-8-21(31-2)23(16-20)33-4/h5-8,15-16,18H,9-14H2,1-4H3,(H,25,27). The van der Waals surface area contributed by atoms with Crippen LogP contribution >= 0.6 is 0 Å². The first-order valence-electron chi connectivity index (χ1n) is 11.0. The molecule has 1 fully saturated rings. The van der Waals surface area contributed by atoms with E-state index in [1.165, 1.54) is 30.7 Å². The first-order valence-corrected chi connectivity index (χ1v) is 12.5. The van der Waals surface area contributed by atoms with Gasteiger partial charge in [-0.15, -0.1) is 0 Å². The van der Waals surface area contributed by atoms with Gasteiger partial charge in [0.05, 0.1) is 33.3 Å². The second kappa shape index (κ2) is 11.4. The zero-order chi connectivity index (χ0) is 24.7. The number of sulfonamides is 1. The number of carbonyl (C=O) groups is 1. The van der Waals surface area contributed by atoms with Crippen molar-refractivity contribution < 1.29 is 32.2 Å². The minimum Gasteiger partial charge on any atom is -0.497 e. The van der Waals surface area contributed by atoms with Crippen LogP contribution < -0.4 is 24.3 Å². The molecule has 1 N–H and O–H groups in total. The molecule has 1 aliphatic heterocycles. The Hall–Kier alpha value is -2.98. The summed E-state index contributed by atoms with van der Waals surface area (Å²) in [5.41, 5.74) is 0.972. The maximum Gasteiger partial charge on any atom is 0.243 e. The number of methoxy groups -OCH3 is 4. The summed E-state index contributed by atoms with van der Waals surface area (Å²) in [6, 6.07) is 10.1. The molecule has 2 aromatic rings. The van der Waals surface area contributed by atoms with Crippen molar-refractivity contribution in [2.45, 2.75) is 24.2 Å². The van der Waals surface area contributed by atoms with E-state index in [1.54, 1.807) is 20.3 Å². The normalized spacial score (nSPS) is 14.9. The molecule has 1 saturated heterocycles. The number of nitrogens with zero attached hydrogens (tertiary/aromatic N) is 1. The smallest absolute Gasteiger partial charge is 0.243 e. The number of hydrogen-bond donors (Lipinski definition) is 1. The first kappa shape index (κ1) is 25.6. The quantitative estimate of drug-likeness (QED) is 0.543. The molecular weight excluding hydrogens is 460 g/mol. The molecule has 0 radical (unpaired) electrons. The molecule has 1 amide bonds. The lowest BCUT2D eigenvalue weighted by molar-refractivity contribution is -0.126. The number of amides is 1. The number of hydrogen-bond acceptors (Lipinski definition) is 7. The zero-order valence-electron chi connectivity index (χ0n) is 20.0. The molecule has 34 heavy (non-hydrogen) atoms. The van der Waals surface area contributed by atoms with E-state index >= 15 is 0 Å². The highest BCUT2D eigenvalue weighted by atomic mass is 32.2. The van der Waals surface area contributed by atoms with Crippen LogP contribution in [0.5, 0.6) is 23.0 Å². The van der Waals surface area contributed by atoms with Gasteiger partial charge in [0, 0.05) is 37.7 Å². The van der Waals surface area contributed by atoms with Gasteiger partial charge in [0.15, 0.2) is 11.5 Å². The summed E-state index contributed by atoms with van der Waals surface area (Å²) in [6.07, 6.45) is 1.54. The highest BCUT2D eigenvalue weighted by Crippen LogP contribution is 2.32. The van der Waals surface area contributed by atoms with Crippen LogP contribution in [0.15, 0.2) is 41.3 Å². The van der Waals surface area contributed by atoms with Crippen LogP contribution in [0.4, 0.5) is 0 Å². The number of nitrogens with one attached hydrogen (secondary N) is 1. The Labute approximate surface area is 201 Å². The second-order valence-electron chi connectivity index (χ2n) is 7.91. The average Bonchev–Trinajstić information content (AvgIpc) is 2.88. The molecule has 0 bridgehead atoms. The zero-order valence-corrected chi connectivity index (χ0v) is 20.8. The summed E-state index contributed by atoms with van der Waals surface area (Å²) in [5, 5.41) is 2.97. The number of ether oxygens (including phenoxy) is 4. The fourth-order valence-electron chi connectivity index (χ4n) is 4.01. The third kappa shape index (κ3) is 5.74. The Kier molecular flexibility index (Phi) is 8.62. The molecule has 3 rings (SSSR count). The monoisotopic (exact) mass is 492 g/mol. The van der Waals surface area contributed by atoms with E-state index in [1.807, 2.05) is 18.2 Å². The van der Waals surface area contributed by atoms with Crippen molar-refractivity contribution in [3.63, 3.8) is 0 Å². The van der Waals surface area contributed by atoms with Crippen molar-refractivity contribution in [2.75, 3.05) is 48.1 Å². The SMILES string of the molecule is COc1ccc(CCNC(=O)C2CCN(S(=O)(=O)c3ccc(OC)c(OC)c3)CC2)c(OC)c1. The summed E-state index contributed by atoms with van der Waals surface area (Å²) in [7, 11) is 2.46. The highest BCUT2D eigenvalue weighted by Gasteiger charge is 2.32. The molecule has 9 nitrogen and oxygen atoms in total. The van der Waals surface area contributed by atoms with E-state index in [4.69, 9.17) is 18.9 Å². The van der Waals surface area contributed by atoms with E-state index in [-0.39, 0.29) is 29.8 Å². The third-order valence-electron chi connectivity index (χ3n) is 6.01. The molecule has 0 saturated carbocycles. The molecule has 10 heteroatoms. The molecule has 2 aromatic carbocycles. The van der Waals surface area contributed by atoms with Gasteiger partial charge >= 0.3 is 0 Å². The Morgan fingerprint density at radius 2 is 1.59 bits per heavy atom. The van der Waals surface area contributed by atoms with Gasteiger partial charge in [0.1, 0.15) is 11.5 Å². The van der Waals surface area contributed by atoms with Crippen molar-refractivity contribution in [2.24, 2.45) is 5.92 Å². The minimum absolute atomic E-state index is 0.0596. The van der Waals surface area contributed by atoms with Crippen molar-refractivity contribution in [3.05, 3.63) is 42.0 Å². The molecule has 1 heterocycles. The minimum atomic E-state index is -3.69. The van der Waals surface area contributed by atoms with Crippen LogP contribution in [0, 0.1) is 5.92 Å². The lowest BCUT2D eigenvalue weighted by atomic mass is 9.97. The molecular formula is C24H32N2O7S. The van der Waals surface area contributed by atoms with Gasteiger partial charge in [0.2, 0.25) is 15.9 Å². The van der Waals surface area contributed by atoms with Gasteiger partial charge in [-0.1, -0.05) is 6.07 Å². The predicted molar refractivity (Wildman–Crippen MR) is 127 cm³/mol. The van der Waals surface area contributed by atoms with Crippen molar-refractivity contribution in [3.8, 4) is 23.0 Å². The number of piperidine rings is 1. The molecule has 0 aromatic heterocycles. The lowest BCUT2D eigenvalue weighted by Crippen LogP contribution is -2.43. The van der Waals surface area contributed by atoms with Gasteiger partial charge < -0.3 is 24.3 Å². The molecule has 1 aliphatic rings. The molecule has 0 aliphatic carbocycles. The van der Waals surface area contributed by atoms with Crippen molar-refractivity contribution >= 4 is 15.9 Å². The summed E-state index contributed by atoms with van der Waals surface area (Å²) in [5.74, 6) is 1.95. The van der Waals surface area contributed by atoms with Gasteiger partial charge in [-0.05, 0) is 43.0 Å². The Bertz CT molecular complexity index is 1100. The van der Waals surface area contributed by atoms with Crippen LogP contribution in [0.2, 0.25) is 0 Å². The predicted octanol–water partition coefficient (Wildman–Crippen LogP) is 2.48. The summed E-state index contributed by atoms with van der Waals surface area (Å²) < 4.78 is 48.6. The van der Waals surface area contributed by atoms with E-state index < -0.39 is 10.0 Å². The van der Waals surface area contributed by atoms with Crippen LogP contribution in [-0.2, 0) is 21.2 Å². The molecule has 186 valence electrons. The van der Waals surface area contributed by atoms with Crippen LogP contribution in [0.25, 0.3) is 0 Å². The van der Waals surface area contributed by atoms with Crippen molar-refractivity contribution in [1.29, 1.82) is 0 Å². The van der Waals surface area contributed by atoms with E-state index in [9.17, 15) is 13.2 Å². The lowest BCUT2D eigenvalue weighted by Gasteiger charge is -2.30. The fourth-order valence-corrected chi connectivity index (χ4v) is 5.49. The van der Waals surface area contributed by atoms with Gasteiger partial charge in [-0.3, -0.25) is 4.79 Å². The highest BCUT2D eigenvalue weighted by molar-refractivity contribution is 7.89. The molecule has 0 atom stereocenters. The Balaban J connectivity index is 1.54. The second-order valence-corrected chi connectivity index (χ2v) is 9.85.